The van der Waals surface area contributed by atoms with E-state index in [-0.39, 0.29) is 0 Å². The number of furan rings is 2. The second-order valence-electron chi connectivity index (χ2n) is 13.1. The Hall–Kier alpha value is -7.11. The summed E-state index contributed by atoms with van der Waals surface area (Å²) >= 11 is 0. The van der Waals surface area contributed by atoms with Gasteiger partial charge in [0.25, 0.3) is 0 Å². The van der Waals surface area contributed by atoms with E-state index < -0.39 is 0 Å². The number of pyridine rings is 1. The fraction of sp³-hybridized carbons (Fsp3) is 0. The molecule has 11 rings (SSSR count). The molecule has 5 heteroatoms. The van der Waals surface area contributed by atoms with Gasteiger partial charge in [-0.25, -0.2) is 15.0 Å². The lowest BCUT2D eigenvalue weighted by molar-refractivity contribution is 0.668. The van der Waals surface area contributed by atoms with Crippen LogP contribution in [0.2, 0.25) is 0 Å². The van der Waals surface area contributed by atoms with Crippen molar-refractivity contribution in [3.63, 3.8) is 0 Å². The van der Waals surface area contributed by atoms with Crippen molar-refractivity contribution >= 4 is 65.6 Å². The third-order valence-corrected chi connectivity index (χ3v) is 10.1. The first-order valence-corrected chi connectivity index (χ1v) is 17.4. The molecule has 5 nitrogen and oxygen atoms in total. The van der Waals surface area contributed by atoms with Crippen molar-refractivity contribution in [1.29, 1.82) is 0 Å². The Kier molecular flexibility index (Phi) is 6.18. The van der Waals surface area contributed by atoms with Crippen LogP contribution < -0.4 is 0 Å². The average molecular weight is 666 g/mol. The molecule has 242 valence electrons. The highest BCUT2D eigenvalue weighted by Crippen LogP contribution is 2.43. The molecule has 0 aliphatic rings. The molecule has 0 aliphatic carbocycles. The molecule has 4 heterocycles. The van der Waals surface area contributed by atoms with Crippen molar-refractivity contribution in [2.24, 2.45) is 0 Å². The van der Waals surface area contributed by atoms with E-state index in [2.05, 4.69) is 97.1 Å². The van der Waals surface area contributed by atoms with E-state index in [0.717, 1.165) is 105 Å². The molecule has 0 amide bonds. The van der Waals surface area contributed by atoms with Crippen molar-refractivity contribution in [3.8, 4) is 45.2 Å². The minimum atomic E-state index is 0.633. The van der Waals surface area contributed by atoms with Crippen LogP contribution in [0.15, 0.2) is 173 Å². The van der Waals surface area contributed by atoms with Gasteiger partial charge in [0.05, 0.1) is 22.6 Å². The minimum absolute atomic E-state index is 0.633. The first-order chi connectivity index (χ1) is 25.8. The van der Waals surface area contributed by atoms with Crippen LogP contribution in [0.1, 0.15) is 0 Å². The molecule has 0 N–H and O–H groups in total. The minimum Gasteiger partial charge on any atom is -0.456 e. The summed E-state index contributed by atoms with van der Waals surface area (Å²) in [5.41, 5.74) is 10.9. The Morgan fingerprint density at radius 1 is 0.346 bits per heavy atom. The number of aromatic nitrogens is 3. The summed E-state index contributed by atoms with van der Waals surface area (Å²) < 4.78 is 12.8. The summed E-state index contributed by atoms with van der Waals surface area (Å²) in [4.78, 5) is 15.6. The van der Waals surface area contributed by atoms with Gasteiger partial charge in [0.15, 0.2) is 5.82 Å². The maximum atomic E-state index is 6.54. The van der Waals surface area contributed by atoms with Crippen LogP contribution in [0.3, 0.4) is 0 Å². The van der Waals surface area contributed by atoms with Gasteiger partial charge in [-0.2, -0.15) is 0 Å². The van der Waals surface area contributed by atoms with Crippen molar-refractivity contribution in [2.75, 3.05) is 0 Å². The van der Waals surface area contributed by atoms with Gasteiger partial charge in [-0.05, 0) is 54.6 Å². The molecule has 0 bridgehead atoms. The van der Waals surface area contributed by atoms with Crippen LogP contribution in [0, 0.1) is 0 Å². The standard InChI is InChI=1S/C47H27N3O2/c1-3-12-28(13-4-1)37-27-38(32-18-11-21-41-43(32)33-17-8-10-20-39(33)51-41)50-47(49-37)30-22-24-40-35(26-30)45-42(52-40)25-23-34-44(45)31-16-7-9-19-36(31)48-46(34)29-14-5-2-6-15-29/h1-27H. The van der Waals surface area contributed by atoms with Crippen LogP contribution in [0.25, 0.3) is 111 Å². The smallest absolute Gasteiger partial charge is 0.160 e. The first-order valence-electron chi connectivity index (χ1n) is 17.4. The zero-order valence-corrected chi connectivity index (χ0v) is 27.7. The fourth-order valence-electron chi connectivity index (χ4n) is 7.72. The maximum Gasteiger partial charge on any atom is 0.160 e. The lowest BCUT2D eigenvalue weighted by Gasteiger charge is -2.11. The summed E-state index contributed by atoms with van der Waals surface area (Å²) in [6.45, 7) is 0. The molecule has 0 radical (unpaired) electrons. The maximum absolute atomic E-state index is 6.54. The molecule has 4 aromatic heterocycles. The van der Waals surface area contributed by atoms with Crippen LogP contribution in [0.4, 0.5) is 0 Å². The zero-order chi connectivity index (χ0) is 34.2. The highest BCUT2D eigenvalue weighted by molar-refractivity contribution is 6.28. The van der Waals surface area contributed by atoms with E-state index in [1.54, 1.807) is 0 Å². The Morgan fingerprint density at radius 2 is 1.00 bits per heavy atom. The van der Waals surface area contributed by atoms with E-state index >= 15 is 0 Å². The molecule has 52 heavy (non-hydrogen) atoms. The lowest BCUT2D eigenvalue weighted by atomic mass is 9.96. The van der Waals surface area contributed by atoms with Gasteiger partial charge in [0, 0.05) is 60.0 Å². The summed E-state index contributed by atoms with van der Waals surface area (Å²) in [7, 11) is 0. The van der Waals surface area contributed by atoms with E-state index in [1.165, 1.54) is 0 Å². The molecule has 0 spiro atoms. The third-order valence-electron chi connectivity index (χ3n) is 10.1. The monoisotopic (exact) mass is 665 g/mol. The predicted octanol–water partition coefficient (Wildman–Crippen LogP) is 12.6. The molecule has 0 aliphatic heterocycles. The fourth-order valence-corrected chi connectivity index (χ4v) is 7.72. The van der Waals surface area contributed by atoms with Crippen molar-refractivity contribution in [2.45, 2.75) is 0 Å². The predicted molar refractivity (Wildman–Crippen MR) is 211 cm³/mol. The molecular formula is C47H27N3O2. The molecule has 0 saturated carbocycles. The highest BCUT2D eigenvalue weighted by Gasteiger charge is 2.20. The summed E-state index contributed by atoms with van der Waals surface area (Å²) in [5, 5.41) is 7.45. The van der Waals surface area contributed by atoms with Crippen molar-refractivity contribution in [1.82, 2.24) is 15.0 Å². The van der Waals surface area contributed by atoms with E-state index in [9.17, 15) is 0 Å². The van der Waals surface area contributed by atoms with E-state index in [0.29, 0.717) is 5.82 Å². The van der Waals surface area contributed by atoms with E-state index in [4.69, 9.17) is 23.8 Å². The van der Waals surface area contributed by atoms with E-state index in [1.807, 2.05) is 66.7 Å². The van der Waals surface area contributed by atoms with Crippen LogP contribution in [-0.2, 0) is 0 Å². The molecule has 0 saturated heterocycles. The number of para-hydroxylation sites is 2. The zero-order valence-electron chi connectivity index (χ0n) is 27.7. The summed E-state index contributed by atoms with van der Waals surface area (Å²) in [6.07, 6.45) is 0. The molecule has 7 aromatic carbocycles. The lowest BCUT2D eigenvalue weighted by Crippen LogP contribution is -1.96. The second-order valence-corrected chi connectivity index (χ2v) is 13.1. The average Bonchev–Trinajstić information content (AvgIpc) is 3.79. The van der Waals surface area contributed by atoms with Crippen molar-refractivity contribution < 1.29 is 8.83 Å². The Morgan fingerprint density at radius 3 is 1.85 bits per heavy atom. The number of hydrogen-bond donors (Lipinski definition) is 0. The molecule has 0 unspecified atom stereocenters. The molecule has 0 fully saturated rings. The quantitative estimate of drug-likeness (QED) is 0.175. The Labute approximate surface area is 297 Å². The summed E-state index contributed by atoms with van der Waals surface area (Å²) in [5.74, 6) is 0.633. The van der Waals surface area contributed by atoms with Crippen LogP contribution in [-0.4, -0.2) is 15.0 Å². The van der Waals surface area contributed by atoms with Gasteiger partial charge in [-0.15, -0.1) is 0 Å². The molecule has 0 atom stereocenters. The number of benzene rings is 7. The van der Waals surface area contributed by atoms with Gasteiger partial charge in [0.1, 0.15) is 22.3 Å². The first kappa shape index (κ1) is 28.7. The molecule has 11 aromatic rings. The molecular weight excluding hydrogens is 639 g/mol. The Bertz CT molecular complexity index is 3180. The number of rotatable bonds is 4. The van der Waals surface area contributed by atoms with Gasteiger partial charge in [0.2, 0.25) is 0 Å². The van der Waals surface area contributed by atoms with Crippen LogP contribution >= 0.6 is 0 Å². The summed E-state index contributed by atoms with van der Waals surface area (Å²) in [6, 6.07) is 55.9. The Balaban J connectivity index is 1.19. The van der Waals surface area contributed by atoms with Gasteiger partial charge >= 0.3 is 0 Å². The SMILES string of the molecule is c1ccc(-c2cc(-c3cccc4oc5ccccc5c34)nc(-c3ccc4oc5ccc6c(-c7ccccc7)nc7ccccc7c6c5c4c3)n2)cc1. The van der Waals surface area contributed by atoms with Gasteiger partial charge < -0.3 is 8.83 Å². The van der Waals surface area contributed by atoms with Gasteiger partial charge in [-0.1, -0.05) is 109 Å². The highest BCUT2D eigenvalue weighted by atomic mass is 16.3. The van der Waals surface area contributed by atoms with Crippen LogP contribution in [0.5, 0.6) is 0 Å². The number of hydrogen-bond acceptors (Lipinski definition) is 5. The third kappa shape index (κ3) is 4.39. The normalized spacial score (nSPS) is 11.8. The topological polar surface area (TPSA) is 65.0 Å². The number of nitrogens with zero attached hydrogens (tertiary/aromatic N) is 3. The second kappa shape index (κ2) is 11.2. The number of fused-ring (bicyclic) bond motifs is 10. The van der Waals surface area contributed by atoms with Gasteiger partial charge in [-0.3, -0.25) is 0 Å². The largest absolute Gasteiger partial charge is 0.456 e. The van der Waals surface area contributed by atoms with Crippen molar-refractivity contribution in [3.05, 3.63) is 164 Å².